The molecule has 19 heavy (non-hydrogen) atoms. The molecule has 1 aliphatic carbocycles. The third-order valence-electron chi connectivity index (χ3n) is 3.42. The number of thioether (sulfide) groups is 1. The predicted molar refractivity (Wildman–Crippen MR) is 80.9 cm³/mol. The first-order valence-electron chi connectivity index (χ1n) is 7.31. The van der Waals surface area contributed by atoms with Gasteiger partial charge in [-0.1, -0.05) is 13.3 Å². The highest BCUT2D eigenvalue weighted by Crippen LogP contribution is 2.29. The molecule has 0 spiro atoms. The third kappa shape index (κ3) is 6.95. The van der Waals surface area contributed by atoms with E-state index in [1.807, 2.05) is 18.7 Å². The molecule has 4 nitrogen and oxygen atoms in total. The average Bonchev–Trinajstić information content (AvgIpc) is 2.82. The fourth-order valence-corrected chi connectivity index (χ4v) is 3.70. The molecule has 0 bridgehead atoms. The van der Waals surface area contributed by atoms with Crippen LogP contribution in [0, 0.1) is 0 Å². The molecule has 1 rings (SSSR count). The van der Waals surface area contributed by atoms with E-state index in [1.54, 1.807) is 7.11 Å². The summed E-state index contributed by atoms with van der Waals surface area (Å²) in [6.07, 6.45) is 3.42. The molecule has 0 saturated heterocycles. The van der Waals surface area contributed by atoms with Gasteiger partial charge in [-0.3, -0.25) is 0 Å². The van der Waals surface area contributed by atoms with Crippen LogP contribution in [-0.2, 0) is 9.47 Å². The van der Waals surface area contributed by atoms with Crippen LogP contribution in [0.15, 0.2) is 0 Å². The van der Waals surface area contributed by atoms with E-state index in [0.29, 0.717) is 31.1 Å². The summed E-state index contributed by atoms with van der Waals surface area (Å²) in [5, 5.41) is 14.1. The molecule has 0 aromatic carbocycles. The van der Waals surface area contributed by atoms with E-state index < -0.39 is 6.10 Å². The first-order valence-corrected chi connectivity index (χ1v) is 8.35. The van der Waals surface area contributed by atoms with Gasteiger partial charge in [-0.25, -0.2) is 0 Å². The van der Waals surface area contributed by atoms with Crippen molar-refractivity contribution in [2.45, 2.75) is 56.6 Å². The van der Waals surface area contributed by atoms with Gasteiger partial charge in [0, 0.05) is 24.9 Å². The normalized spacial score (nSPS) is 26.5. The van der Waals surface area contributed by atoms with Gasteiger partial charge < -0.3 is 19.9 Å². The molecule has 114 valence electrons. The van der Waals surface area contributed by atoms with E-state index in [9.17, 15) is 5.11 Å². The highest BCUT2D eigenvalue weighted by Gasteiger charge is 2.27. The Kier molecular flexibility index (Phi) is 9.07. The Morgan fingerprint density at radius 2 is 2.16 bits per heavy atom. The van der Waals surface area contributed by atoms with Crippen molar-refractivity contribution in [3.05, 3.63) is 0 Å². The number of methoxy groups -OCH3 is 1. The SMILES string of the molecule is CCSC1CCCC1NCC(O)COC(C)COC. The summed E-state index contributed by atoms with van der Waals surface area (Å²) in [5.41, 5.74) is 0. The van der Waals surface area contributed by atoms with E-state index in [0.717, 1.165) is 0 Å². The maximum atomic E-state index is 9.91. The van der Waals surface area contributed by atoms with E-state index in [-0.39, 0.29) is 6.10 Å². The summed E-state index contributed by atoms with van der Waals surface area (Å²) in [6, 6.07) is 0.552. The van der Waals surface area contributed by atoms with Crippen LogP contribution >= 0.6 is 11.8 Å². The first kappa shape index (κ1) is 17.2. The van der Waals surface area contributed by atoms with Crippen molar-refractivity contribution in [1.82, 2.24) is 5.32 Å². The lowest BCUT2D eigenvalue weighted by molar-refractivity contribution is -0.0315. The zero-order chi connectivity index (χ0) is 14.1. The van der Waals surface area contributed by atoms with Gasteiger partial charge in [-0.15, -0.1) is 0 Å². The fraction of sp³-hybridized carbons (Fsp3) is 1.00. The second-order valence-corrected chi connectivity index (χ2v) is 6.71. The van der Waals surface area contributed by atoms with Crippen molar-refractivity contribution in [2.75, 3.05) is 32.6 Å². The zero-order valence-electron chi connectivity index (χ0n) is 12.4. The van der Waals surface area contributed by atoms with Gasteiger partial charge in [-0.2, -0.15) is 11.8 Å². The minimum absolute atomic E-state index is 0.0366. The lowest BCUT2D eigenvalue weighted by Gasteiger charge is -2.22. The quantitative estimate of drug-likeness (QED) is 0.641. The number of aliphatic hydroxyl groups is 1. The Hall–Kier alpha value is 0.190. The van der Waals surface area contributed by atoms with Crippen molar-refractivity contribution >= 4 is 11.8 Å². The van der Waals surface area contributed by atoms with E-state index in [4.69, 9.17) is 9.47 Å². The largest absolute Gasteiger partial charge is 0.389 e. The monoisotopic (exact) mass is 291 g/mol. The average molecular weight is 291 g/mol. The smallest absolute Gasteiger partial charge is 0.0897 e. The van der Waals surface area contributed by atoms with Crippen molar-refractivity contribution < 1.29 is 14.6 Å². The minimum atomic E-state index is -0.438. The van der Waals surface area contributed by atoms with Gasteiger partial charge in [0.15, 0.2) is 0 Å². The Bertz CT molecular complexity index is 231. The number of rotatable bonds is 10. The second-order valence-electron chi connectivity index (χ2n) is 5.19. The Morgan fingerprint density at radius 1 is 1.37 bits per heavy atom. The molecule has 2 N–H and O–H groups in total. The summed E-state index contributed by atoms with van der Waals surface area (Å²) in [5.74, 6) is 1.17. The van der Waals surface area contributed by atoms with Crippen LogP contribution in [0.2, 0.25) is 0 Å². The molecule has 1 saturated carbocycles. The van der Waals surface area contributed by atoms with Crippen molar-refractivity contribution in [1.29, 1.82) is 0 Å². The summed E-state index contributed by atoms with van der Waals surface area (Å²) in [6.45, 7) is 5.72. The van der Waals surface area contributed by atoms with Gasteiger partial charge in [0.2, 0.25) is 0 Å². The van der Waals surface area contributed by atoms with E-state index in [1.165, 1.54) is 25.0 Å². The first-order chi connectivity index (χ1) is 9.17. The van der Waals surface area contributed by atoms with Gasteiger partial charge in [0.05, 0.1) is 25.4 Å². The van der Waals surface area contributed by atoms with Crippen LogP contribution < -0.4 is 5.32 Å². The lowest BCUT2D eigenvalue weighted by atomic mass is 10.2. The van der Waals surface area contributed by atoms with Crippen LogP contribution in [0.4, 0.5) is 0 Å². The van der Waals surface area contributed by atoms with Crippen LogP contribution in [0.5, 0.6) is 0 Å². The fourth-order valence-electron chi connectivity index (χ4n) is 2.48. The summed E-state index contributed by atoms with van der Waals surface area (Å²) < 4.78 is 10.5. The molecule has 0 radical (unpaired) electrons. The van der Waals surface area contributed by atoms with Crippen LogP contribution in [-0.4, -0.2) is 61.2 Å². The highest BCUT2D eigenvalue weighted by atomic mass is 32.2. The molecule has 4 unspecified atom stereocenters. The molecule has 0 aromatic rings. The molecule has 1 fully saturated rings. The van der Waals surface area contributed by atoms with E-state index in [2.05, 4.69) is 12.2 Å². The van der Waals surface area contributed by atoms with Crippen molar-refractivity contribution in [3.63, 3.8) is 0 Å². The molecular weight excluding hydrogens is 262 g/mol. The van der Waals surface area contributed by atoms with Gasteiger partial charge >= 0.3 is 0 Å². The topological polar surface area (TPSA) is 50.7 Å². The minimum Gasteiger partial charge on any atom is -0.389 e. The van der Waals surface area contributed by atoms with Gasteiger partial charge in [0.25, 0.3) is 0 Å². The molecule has 4 atom stereocenters. The molecule has 0 amide bonds. The number of hydrogen-bond donors (Lipinski definition) is 2. The Balaban J connectivity index is 2.13. The highest BCUT2D eigenvalue weighted by molar-refractivity contribution is 7.99. The molecule has 0 aliphatic heterocycles. The van der Waals surface area contributed by atoms with Crippen LogP contribution in [0.3, 0.4) is 0 Å². The summed E-state index contributed by atoms with van der Waals surface area (Å²) >= 11 is 2.03. The number of ether oxygens (including phenoxy) is 2. The Morgan fingerprint density at radius 3 is 2.84 bits per heavy atom. The number of hydrogen-bond acceptors (Lipinski definition) is 5. The van der Waals surface area contributed by atoms with E-state index >= 15 is 0 Å². The molecule has 5 heteroatoms. The maximum absolute atomic E-state index is 9.91. The molecule has 0 heterocycles. The standard InChI is InChI=1S/C14H29NO3S/c1-4-19-14-7-5-6-13(14)15-8-12(16)10-18-11(2)9-17-3/h11-16H,4-10H2,1-3H3. The van der Waals surface area contributed by atoms with Crippen LogP contribution in [0.1, 0.15) is 33.1 Å². The number of aliphatic hydroxyl groups excluding tert-OH is 1. The Labute approximate surface area is 121 Å². The summed E-state index contributed by atoms with van der Waals surface area (Å²) in [7, 11) is 1.66. The van der Waals surface area contributed by atoms with Gasteiger partial charge in [-0.05, 0) is 25.5 Å². The third-order valence-corrected chi connectivity index (χ3v) is 4.75. The molecule has 1 aliphatic rings. The summed E-state index contributed by atoms with van der Waals surface area (Å²) in [4.78, 5) is 0. The molecule has 0 aromatic heterocycles. The van der Waals surface area contributed by atoms with Crippen molar-refractivity contribution in [3.8, 4) is 0 Å². The zero-order valence-corrected chi connectivity index (χ0v) is 13.2. The molecular formula is C14H29NO3S. The lowest BCUT2D eigenvalue weighted by Crippen LogP contribution is -2.41. The number of nitrogens with one attached hydrogen (secondary N) is 1. The predicted octanol–water partition coefficient (Wildman–Crippen LogP) is 1.66. The van der Waals surface area contributed by atoms with Gasteiger partial charge in [0.1, 0.15) is 0 Å². The maximum Gasteiger partial charge on any atom is 0.0897 e. The van der Waals surface area contributed by atoms with Crippen LogP contribution in [0.25, 0.3) is 0 Å². The second kappa shape index (κ2) is 10.00. The van der Waals surface area contributed by atoms with Crippen molar-refractivity contribution in [2.24, 2.45) is 0 Å².